The van der Waals surface area contributed by atoms with Crippen molar-refractivity contribution in [1.82, 2.24) is 5.32 Å². The van der Waals surface area contributed by atoms with Crippen molar-refractivity contribution in [3.63, 3.8) is 0 Å². The maximum Gasteiger partial charge on any atom is 0.282 e. The third kappa shape index (κ3) is 3.75. The molecule has 0 aliphatic rings. The van der Waals surface area contributed by atoms with E-state index in [4.69, 9.17) is 5.11 Å². The van der Waals surface area contributed by atoms with Crippen LogP contribution in [-0.2, 0) is 0 Å². The molecule has 0 bridgehead atoms. The van der Waals surface area contributed by atoms with Crippen LogP contribution in [0.15, 0.2) is 18.2 Å². The number of hydrogen-bond donors (Lipinski definition) is 2. The van der Waals surface area contributed by atoms with Gasteiger partial charge in [-0.3, -0.25) is 14.9 Å². The lowest BCUT2D eigenvalue weighted by Crippen LogP contribution is -2.36. The van der Waals surface area contributed by atoms with Crippen LogP contribution in [0.25, 0.3) is 0 Å². The molecule has 0 aliphatic carbocycles. The van der Waals surface area contributed by atoms with E-state index in [2.05, 4.69) is 5.32 Å². The largest absolute Gasteiger partial charge is 0.396 e. The van der Waals surface area contributed by atoms with Gasteiger partial charge in [-0.1, -0.05) is 26.0 Å². The fraction of sp³-hybridized carbons (Fsp3) is 0.462. The number of benzene rings is 1. The summed E-state index contributed by atoms with van der Waals surface area (Å²) in [6.45, 7) is 5.40. The number of nitrogens with one attached hydrogen (secondary N) is 1. The number of carbonyl (C=O) groups is 1. The Balaban J connectivity index is 2.97. The molecule has 19 heavy (non-hydrogen) atoms. The van der Waals surface area contributed by atoms with Gasteiger partial charge in [0.15, 0.2) is 0 Å². The minimum Gasteiger partial charge on any atom is -0.396 e. The van der Waals surface area contributed by atoms with Gasteiger partial charge >= 0.3 is 0 Å². The Kier molecular flexibility index (Phi) is 4.61. The number of hydrogen-bond acceptors (Lipinski definition) is 4. The standard InChI is InChI=1S/C13H18N2O4/c1-9-5-4-6-10(15(18)19)11(9)12(17)14-7-13(2,3)8-16/h4-6,16H,7-8H2,1-3H3,(H,14,17). The van der Waals surface area contributed by atoms with Crippen molar-refractivity contribution < 1.29 is 14.8 Å². The molecule has 0 saturated heterocycles. The molecule has 0 radical (unpaired) electrons. The number of aryl methyl sites for hydroxylation is 1. The minimum atomic E-state index is -0.570. The fourth-order valence-electron chi connectivity index (χ4n) is 1.56. The van der Waals surface area contributed by atoms with Gasteiger partial charge in [0, 0.05) is 24.6 Å². The maximum absolute atomic E-state index is 12.1. The molecule has 104 valence electrons. The van der Waals surface area contributed by atoms with Crippen LogP contribution >= 0.6 is 0 Å². The van der Waals surface area contributed by atoms with E-state index in [9.17, 15) is 14.9 Å². The topological polar surface area (TPSA) is 92.5 Å². The van der Waals surface area contributed by atoms with Gasteiger partial charge in [-0.05, 0) is 12.5 Å². The monoisotopic (exact) mass is 266 g/mol. The van der Waals surface area contributed by atoms with Crippen molar-refractivity contribution in [2.75, 3.05) is 13.2 Å². The highest BCUT2D eigenvalue weighted by atomic mass is 16.6. The van der Waals surface area contributed by atoms with E-state index in [1.807, 2.05) is 0 Å². The average molecular weight is 266 g/mol. The normalized spacial score (nSPS) is 11.2. The van der Waals surface area contributed by atoms with Crippen LogP contribution in [0.2, 0.25) is 0 Å². The number of rotatable bonds is 5. The van der Waals surface area contributed by atoms with Crippen LogP contribution < -0.4 is 5.32 Å². The van der Waals surface area contributed by atoms with Crippen molar-refractivity contribution in [2.24, 2.45) is 5.41 Å². The molecule has 0 atom stereocenters. The van der Waals surface area contributed by atoms with Gasteiger partial charge in [-0.25, -0.2) is 0 Å². The molecule has 1 aromatic carbocycles. The van der Waals surface area contributed by atoms with Gasteiger partial charge < -0.3 is 10.4 Å². The fourth-order valence-corrected chi connectivity index (χ4v) is 1.56. The Hall–Kier alpha value is -1.95. The van der Waals surface area contributed by atoms with Gasteiger partial charge in [0.2, 0.25) is 0 Å². The van der Waals surface area contributed by atoms with Crippen molar-refractivity contribution >= 4 is 11.6 Å². The molecule has 0 fully saturated rings. The summed E-state index contributed by atoms with van der Waals surface area (Å²) in [4.78, 5) is 22.4. The zero-order chi connectivity index (χ0) is 14.6. The zero-order valence-electron chi connectivity index (χ0n) is 11.3. The van der Waals surface area contributed by atoms with Crippen molar-refractivity contribution in [2.45, 2.75) is 20.8 Å². The summed E-state index contributed by atoms with van der Waals surface area (Å²) >= 11 is 0. The first-order valence-corrected chi connectivity index (χ1v) is 5.91. The van der Waals surface area contributed by atoms with Gasteiger partial charge in [-0.15, -0.1) is 0 Å². The number of nitro benzene ring substituents is 1. The summed E-state index contributed by atoms with van der Waals surface area (Å²) < 4.78 is 0. The molecule has 0 saturated carbocycles. The molecular formula is C13H18N2O4. The van der Waals surface area contributed by atoms with Crippen molar-refractivity contribution in [1.29, 1.82) is 0 Å². The predicted octanol–water partition coefficient (Wildman–Crippen LogP) is 1.65. The third-order valence-corrected chi connectivity index (χ3v) is 2.83. The summed E-state index contributed by atoms with van der Waals surface area (Å²) in [5, 5.41) is 22.7. The highest BCUT2D eigenvalue weighted by molar-refractivity contribution is 5.99. The van der Waals surface area contributed by atoms with Gasteiger partial charge in [0.1, 0.15) is 5.56 Å². The SMILES string of the molecule is Cc1cccc([N+](=O)[O-])c1C(=O)NCC(C)(C)CO. The molecule has 1 aromatic rings. The second-order valence-corrected chi connectivity index (χ2v) is 5.23. The number of aliphatic hydroxyl groups excluding tert-OH is 1. The van der Waals surface area contributed by atoms with Crippen molar-refractivity contribution in [3.8, 4) is 0 Å². The Bertz CT molecular complexity index is 497. The van der Waals surface area contributed by atoms with Crippen LogP contribution in [0.5, 0.6) is 0 Å². The molecule has 0 unspecified atom stereocenters. The number of aliphatic hydroxyl groups is 1. The van der Waals surface area contributed by atoms with E-state index in [1.165, 1.54) is 6.07 Å². The molecule has 0 spiro atoms. The van der Waals surface area contributed by atoms with E-state index in [0.29, 0.717) is 5.56 Å². The lowest BCUT2D eigenvalue weighted by molar-refractivity contribution is -0.385. The second kappa shape index (κ2) is 5.79. The molecule has 0 aliphatic heterocycles. The zero-order valence-corrected chi connectivity index (χ0v) is 11.3. The first kappa shape index (κ1) is 15.1. The summed E-state index contributed by atoms with van der Waals surface area (Å²) in [6.07, 6.45) is 0. The predicted molar refractivity (Wildman–Crippen MR) is 71.0 cm³/mol. The van der Waals surface area contributed by atoms with E-state index >= 15 is 0 Å². The van der Waals surface area contributed by atoms with E-state index < -0.39 is 16.2 Å². The number of carbonyl (C=O) groups excluding carboxylic acids is 1. The first-order valence-electron chi connectivity index (χ1n) is 5.91. The Morgan fingerprint density at radius 3 is 2.63 bits per heavy atom. The Labute approximate surface area is 111 Å². The smallest absolute Gasteiger partial charge is 0.282 e. The lowest BCUT2D eigenvalue weighted by Gasteiger charge is -2.22. The summed E-state index contributed by atoms with van der Waals surface area (Å²) in [6, 6.07) is 4.50. The van der Waals surface area contributed by atoms with Crippen LogP contribution in [0, 0.1) is 22.5 Å². The molecule has 1 rings (SSSR count). The molecule has 6 nitrogen and oxygen atoms in total. The van der Waals surface area contributed by atoms with E-state index in [1.54, 1.807) is 32.9 Å². The van der Waals surface area contributed by atoms with E-state index in [-0.39, 0.29) is 24.4 Å². The van der Waals surface area contributed by atoms with Crippen molar-refractivity contribution in [3.05, 3.63) is 39.4 Å². The van der Waals surface area contributed by atoms with Gasteiger partial charge in [0.25, 0.3) is 11.6 Å². The van der Waals surface area contributed by atoms with Gasteiger partial charge in [0.05, 0.1) is 4.92 Å². The Morgan fingerprint density at radius 2 is 2.11 bits per heavy atom. The number of nitrogens with zero attached hydrogens (tertiary/aromatic N) is 1. The Morgan fingerprint density at radius 1 is 1.47 bits per heavy atom. The molecule has 0 aromatic heterocycles. The summed E-state index contributed by atoms with van der Waals surface area (Å²) in [5.74, 6) is -0.494. The summed E-state index contributed by atoms with van der Waals surface area (Å²) in [7, 11) is 0. The van der Waals surface area contributed by atoms with Crippen LogP contribution in [-0.4, -0.2) is 29.1 Å². The van der Waals surface area contributed by atoms with E-state index in [0.717, 1.165) is 0 Å². The highest BCUT2D eigenvalue weighted by Crippen LogP contribution is 2.22. The van der Waals surface area contributed by atoms with Crippen LogP contribution in [0.4, 0.5) is 5.69 Å². The van der Waals surface area contributed by atoms with Crippen LogP contribution in [0.1, 0.15) is 29.8 Å². The molecule has 6 heteroatoms. The molecular weight excluding hydrogens is 248 g/mol. The number of amides is 1. The van der Waals surface area contributed by atoms with Crippen LogP contribution in [0.3, 0.4) is 0 Å². The molecule has 0 heterocycles. The third-order valence-electron chi connectivity index (χ3n) is 2.83. The molecule has 1 amide bonds. The number of nitro groups is 1. The lowest BCUT2D eigenvalue weighted by atomic mass is 9.94. The summed E-state index contributed by atoms with van der Waals surface area (Å²) in [5.41, 5.74) is -0.0540. The highest BCUT2D eigenvalue weighted by Gasteiger charge is 2.24. The quantitative estimate of drug-likeness (QED) is 0.626. The van der Waals surface area contributed by atoms with Gasteiger partial charge in [-0.2, -0.15) is 0 Å². The molecule has 2 N–H and O–H groups in total. The maximum atomic E-state index is 12.1. The average Bonchev–Trinajstić information content (AvgIpc) is 2.35. The first-order chi connectivity index (χ1) is 8.78. The second-order valence-electron chi connectivity index (χ2n) is 5.23. The minimum absolute atomic E-state index is 0.0706.